The van der Waals surface area contributed by atoms with Crippen LogP contribution in [-0.4, -0.2) is 35.5 Å². The first-order valence-corrected chi connectivity index (χ1v) is 7.17. The summed E-state index contributed by atoms with van der Waals surface area (Å²) in [4.78, 5) is 20.8. The molecule has 1 aromatic rings. The molecule has 0 bridgehead atoms. The van der Waals surface area contributed by atoms with Gasteiger partial charge in [-0.25, -0.2) is 9.97 Å². The lowest BCUT2D eigenvalue weighted by atomic mass is 10.2. The van der Waals surface area contributed by atoms with Crippen molar-refractivity contribution in [1.82, 2.24) is 15.3 Å². The minimum atomic E-state index is -0.324. The Morgan fingerprint density at radius 2 is 2.00 bits per heavy atom. The maximum absolute atomic E-state index is 11.6. The third-order valence-corrected chi connectivity index (χ3v) is 3.44. The summed E-state index contributed by atoms with van der Waals surface area (Å²) >= 11 is 0. The van der Waals surface area contributed by atoms with Crippen LogP contribution in [0.4, 0.5) is 11.6 Å². The van der Waals surface area contributed by atoms with Crippen molar-refractivity contribution >= 4 is 17.5 Å². The van der Waals surface area contributed by atoms with Crippen molar-refractivity contribution in [2.75, 3.05) is 24.2 Å². The molecule has 1 saturated carbocycles. The second-order valence-electron chi connectivity index (χ2n) is 5.19. The molecule has 1 aliphatic carbocycles. The Labute approximate surface area is 119 Å². The molecule has 110 valence electrons. The summed E-state index contributed by atoms with van der Waals surface area (Å²) in [5.41, 5.74) is 0.951. The number of nitrogens with one attached hydrogen (secondary N) is 3. The molecule has 0 aromatic carbocycles. The van der Waals surface area contributed by atoms with Gasteiger partial charge in [0.05, 0.1) is 0 Å². The Bertz CT molecular complexity index is 499. The van der Waals surface area contributed by atoms with Crippen LogP contribution in [0.1, 0.15) is 44.0 Å². The van der Waals surface area contributed by atoms with Gasteiger partial charge in [-0.05, 0) is 33.6 Å². The van der Waals surface area contributed by atoms with Crippen LogP contribution in [0.15, 0.2) is 0 Å². The molecule has 3 N–H and O–H groups in total. The zero-order chi connectivity index (χ0) is 14.7. The molecule has 1 fully saturated rings. The Balaban J connectivity index is 2.27. The van der Waals surface area contributed by atoms with E-state index in [2.05, 4.69) is 25.9 Å². The van der Waals surface area contributed by atoms with E-state index < -0.39 is 0 Å². The standard InChI is InChI=1S/C14H23N5O/c1-5-16-11-8(2)12(17-9(3)14(20)15-4)19-13(18-11)10-6-7-10/h9-10H,5-7H2,1-4H3,(H,15,20)(H2,16,17,18,19). The monoisotopic (exact) mass is 277 g/mol. The van der Waals surface area contributed by atoms with Crippen molar-refractivity contribution in [2.45, 2.75) is 45.6 Å². The molecular formula is C14H23N5O. The van der Waals surface area contributed by atoms with Crippen LogP contribution < -0.4 is 16.0 Å². The zero-order valence-corrected chi connectivity index (χ0v) is 12.6. The number of hydrogen-bond acceptors (Lipinski definition) is 5. The van der Waals surface area contributed by atoms with Gasteiger partial charge >= 0.3 is 0 Å². The fourth-order valence-electron chi connectivity index (χ4n) is 2.03. The van der Waals surface area contributed by atoms with Crippen molar-refractivity contribution in [2.24, 2.45) is 0 Å². The maximum Gasteiger partial charge on any atom is 0.241 e. The highest BCUT2D eigenvalue weighted by atomic mass is 16.2. The van der Waals surface area contributed by atoms with Gasteiger partial charge in [0.2, 0.25) is 5.91 Å². The molecule has 1 aliphatic rings. The van der Waals surface area contributed by atoms with Crippen LogP contribution in [0.5, 0.6) is 0 Å². The summed E-state index contributed by atoms with van der Waals surface area (Å²) in [5, 5.41) is 9.08. The lowest BCUT2D eigenvalue weighted by Gasteiger charge is -2.17. The number of amides is 1. The number of carbonyl (C=O) groups is 1. The fraction of sp³-hybridized carbons (Fsp3) is 0.643. The lowest BCUT2D eigenvalue weighted by Crippen LogP contribution is -2.35. The van der Waals surface area contributed by atoms with Gasteiger partial charge in [-0.1, -0.05) is 0 Å². The summed E-state index contributed by atoms with van der Waals surface area (Å²) in [6, 6.07) is -0.324. The fourth-order valence-corrected chi connectivity index (χ4v) is 2.03. The number of anilines is 2. The number of nitrogens with zero attached hydrogens (tertiary/aromatic N) is 2. The van der Waals surface area contributed by atoms with Gasteiger partial charge in [0.15, 0.2) is 0 Å². The minimum Gasteiger partial charge on any atom is -0.370 e. The topological polar surface area (TPSA) is 78.9 Å². The van der Waals surface area contributed by atoms with E-state index in [0.717, 1.165) is 42.4 Å². The second-order valence-corrected chi connectivity index (χ2v) is 5.19. The van der Waals surface area contributed by atoms with Gasteiger partial charge in [0, 0.05) is 25.1 Å². The van der Waals surface area contributed by atoms with Crippen molar-refractivity contribution < 1.29 is 4.79 Å². The van der Waals surface area contributed by atoms with Gasteiger partial charge in [-0.15, -0.1) is 0 Å². The average molecular weight is 277 g/mol. The number of hydrogen-bond donors (Lipinski definition) is 3. The largest absolute Gasteiger partial charge is 0.370 e. The second kappa shape index (κ2) is 6.07. The summed E-state index contributed by atoms with van der Waals surface area (Å²) in [6.07, 6.45) is 2.30. The van der Waals surface area contributed by atoms with Gasteiger partial charge in [-0.3, -0.25) is 4.79 Å². The van der Waals surface area contributed by atoms with Crippen LogP contribution in [0.2, 0.25) is 0 Å². The Morgan fingerprint density at radius 3 is 2.55 bits per heavy atom. The van der Waals surface area contributed by atoms with E-state index in [-0.39, 0.29) is 11.9 Å². The highest BCUT2D eigenvalue weighted by Gasteiger charge is 2.28. The molecule has 1 unspecified atom stereocenters. The van der Waals surface area contributed by atoms with E-state index in [1.165, 1.54) is 0 Å². The molecule has 1 amide bonds. The molecule has 0 radical (unpaired) electrons. The smallest absolute Gasteiger partial charge is 0.241 e. The normalized spacial score (nSPS) is 15.6. The zero-order valence-electron chi connectivity index (χ0n) is 12.6. The number of rotatable bonds is 6. The molecule has 0 saturated heterocycles. The predicted molar refractivity (Wildman–Crippen MR) is 80.1 cm³/mol. The number of aromatic nitrogens is 2. The van der Waals surface area contributed by atoms with Crippen LogP contribution in [0.3, 0.4) is 0 Å². The molecular weight excluding hydrogens is 254 g/mol. The molecule has 0 aliphatic heterocycles. The van der Waals surface area contributed by atoms with Crippen molar-refractivity contribution in [3.8, 4) is 0 Å². The average Bonchev–Trinajstić information content (AvgIpc) is 3.26. The third-order valence-electron chi connectivity index (χ3n) is 3.44. The van der Waals surface area contributed by atoms with E-state index in [0.29, 0.717) is 5.92 Å². The quantitative estimate of drug-likeness (QED) is 0.736. The first-order chi connectivity index (χ1) is 9.56. The Morgan fingerprint density at radius 1 is 1.35 bits per heavy atom. The Hall–Kier alpha value is -1.85. The van der Waals surface area contributed by atoms with Gasteiger partial charge in [0.25, 0.3) is 0 Å². The number of carbonyl (C=O) groups excluding carboxylic acids is 1. The summed E-state index contributed by atoms with van der Waals surface area (Å²) in [7, 11) is 1.63. The molecule has 1 heterocycles. The predicted octanol–water partition coefficient (Wildman–Crippen LogP) is 1.64. The van der Waals surface area contributed by atoms with Crippen LogP contribution in [0.25, 0.3) is 0 Å². The summed E-state index contributed by atoms with van der Waals surface area (Å²) in [6.45, 7) is 6.64. The minimum absolute atomic E-state index is 0.0546. The molecule has 6 nitrogen and oxygen atoms in total. The maximum atomic E-state index is 11.6. The highest BCUT2D eigenvalue weighted by Crippen LogP contribution is 2.39. The van der Waals surface area contributed by atoms with Crippen molar-refractivity contribution in [3.63, 3.8) is 0 Å². The Kier molecular flexibility index (Phi) is 4.42. The van der Waals surface area contributed by atoms with Crippen LogP contribution in [0, 0.1) is 6.92 Å². The van der Waals surface area contributed by atoms with E-state index in [1.54, 1.807) is 7.05 Å². The van der Waals surface area contributed by atoms with Gasteiger partial charge in [0.1, 0.15) is 23.5 Å². The van der Waals surface area contributed by atoms with E-state index in [4.69, 9.17) is 0 Å². The molecule has 2 rings (SSSR count). The van der Waals surface area contributed by atoms with Crippen molar-refractivity contribution in [3.05, 3.63) is 11.4 Å². The molecule has 0 spiro atoms. The lowest BCUT2D eigenvalue weighted by molar-refractivity contribution is -0.121. The van der Waals surface area contributed by atoms with E-state index in [9.17, 15) is 4.79 Å². The summed E-state index contributed by atoms with van der Waals surface area (Å²) < 4.78 is 0. The molecule has 1 atom stereocenters. The van der Waals surface area contributed by atoms with E-state index >= 15 is 0 Å². The molecule has 20 heavy (non-hydrogen) atoms. The molecule has 1 aromatic heterocycles. The first kappa shape index (κ1) is 14.6. The van der Waals surface area contributed by atoms with Crippen LogP contribution >= 0.6 is 0 Å². The first-order valence-electron chi connectivity index (χ1n) is 7.17. The molecule has 6 heteroatoms. The SMILES string of the molecule is CCNc1nc(C2CC2)nc(NC(C)C(=O)NC)c1C. The van der Waals surface area contributed by atoms with Gasteiger partial charge < -0.3 is 16.0 Å². The van der Waals surface area contributed by atoms with Crippen LogP contribution in [-0.2, 0) is 4.79 Å². The van der Waals surface area contributed by atoms with E-state index in [1.807, 2.05) is 20.8 Å². The van der Waals surface area contributed by atoms with Crippen molar-refractivity contribution in [1.29, 1.82) is 0 Å². The highest BCUT2D eigenvalue weighted by molar-refractivity contribution is 5.84. The number of likely N-dealkylation sites (N-methyl/N-ethyl adjacent to an activating group) is 1. The van der Waals surface area contributed by atoms with Gasteiger partial charge in [-0.2, -0.15) is 0 Å². The third kappa shape index (κ3) is 3.18. The summed E-state index contributed by atoms with van der Waals surface area (Å²) in [5.74, 6) is 2.90.